The first-order valence-corrected chi connectivity index (χ1v) is 7.70. The van der Waals surface area contributed by atoms with Crippen molar-refractivity contribution in [1.29, 1.82) is 0 Å². The average Bonchev–Trinajstić information content (AvgIpc) is 2.61. The van der Waals surface area contributed by atoms with Gasteiger partial charge in [-0.15, -0.1) is 5.10 Å². The molecule has 0 saturated carbocycles. The van der Waals surface area contributed by atoms with Crippen LogP contribution in [0.2, 0.25) is 5.02 Å². The maximum absolute atomic E-state index is 12.2. The Labute approximate surface area is 148 Å². The summed E-state index contributed by atoms with van der Waals surface area (Å²) in [5, 5.41) is 10.8. The maximum Gasteiger partial charge on any atom is 0.257 e. The Hall–Kier alpha value is -3.19. The number of anilines is 2. The Kier molecular flexibility index (Phi) is 4.76. The lowest BCUT2D eigenvalue weighted by atomic mass is 10.2. The zero-order chi connectivity index (χ0) is 17.8. The fourth-order valence-electron chi connectivity index (χ4n) is 1.94. The number of amides is 1. The minimum Gasteiger partial charge on any atom is -0.438 e. The maximum atomic E-state index is 12.2. The van der Waals surface area contributed by atoms with E-state index in [9.17, 15) is 4.79 Å². The first-order valence-electron chi connectivity index (χ1n) is 7.32. The molecule has 0 unspecified atom stereocenters. The summed E-state index contributed by atoms with van der Waals surface area (Å²) < 4.78 is 5.58. The van der Waals surface area contributed by atoms with E-state index < -0.39 is 0 Å². The van der Waals surface area contributed by atoms with Crippen LogP contribution >= 0.6 is 11.6 Å². The van der Waals surface area contributed by atoms with Gasteiger partial charge in [0, 0.05) is 18.0 Å². The molecule has 3 N–H and O–H groups in total. The van der Waals surface area contributed by atoms with Crippen LogP contribution in [0.15, 0.2) is 48.7 Å². The normalized spacial score (nSPS) is 10.3. The number of ether oxygens (including phenoxy) is 1. The average molecular weight is 356 g/mol. The number of aryl methyl sites for hydroxylation is 1. The first-order chi connectivity index (χ1) is 12.0. The fraction of sp³-hybridized carbons (Fsp3) is 0.0588. The third-order valence-corrected chi connectivity index (χ3v) is 3.54. The summed E-state index contributed by atoms with van der Waals surface area (Å²) in [6, 6.07) is 11.9. The van der Waals surface area contributed by atoms with Crippen LogP contribution in [0.1, 0.15) is 16.1 Å². The highest BCUT2D eigenvalue weighted by Gasteiger charge is 2.09. The van der Waals surface area contributed by atoms with Crippen molar-refractivity contribution in [2.75, 3.05) is 11.1 Å². The van der Waals surface area contributed by atoms with Crippen LogP contribution in [-0.4, -0.2) is 21.1 Å². The molecule has 0 fully saturated rings. The van der Waals surface area contributed by atoms with Gasteiger partial charge in [-0.3, -0.25) is 4.79 Å². The molecule has 0 spiro atoms. The van der Waals surface area contributed by atoms with E-state index in [0.29, 0.717) is 22.9 Å². The molecule has 0 aliphatic rings. The van der Waals surface area contributed by atoms with E-state index in [1.54, 1.807) is 30.3 Å². The van der Waals surface area contributed by atoms with Crippen molar-refractivity contribution >= 4 is 29.0 Å². The van der Waals surface area contributed by atoms with Crippen LogP contribution in [-0.2, 0) is 0 Å². The van der Waals surface area contributed by atoms with Crippen molar-refractivity contribution in [3.8, 4) is 11.6 Å². The molecule has 0 radical (unpaired) electrons. The third kappa shape index (κ3) is 4.21. The molecule has 0 atom stereocenters. The number of nitrogens with zero attached hydrogens (tertiary/aromatic N) is 3. The van der Waals surface area contributed by atoms with Gasteiger partial charge in [-0.25, -0.2) is 4.98 Å². The molecule has 0 aliphatic carbocycles. The van der Waals surface area contributed by atoms with E-state index in [2.05, 4.69) is 20.5 Å². The molecule has 1 amide bonds. The number of rotatable bonds is 4. The summed E-state index contributed by atoms with van der Waals surface area (Å²) in [4.78, 5) is 16.0. The van der Waals surface area contributed by atoms with Crippen LogP contribution in [0, 0.1) is 6.92 Å². The Morgan fingerprint density at radius 2 is 1.92 bits per heavy atom. The fourth-order valence-corrected chi connectivity index (χ4v) is 2.11. The summed E-state index contributed by atoms with van der Waals surface area (Å²) in [7, 11) is 0. The van der Waals surface area contributed by atoms with Gasteiger partial charge in [0.15, 0.2) is 0 Å². The van der Waals surface area contributed by atoms with Crippen LogP contribution in [0.25, 0.3) is 0 Å². The highest BCUT2D eigenvalue weighted by atomic mass is 35.5. The van der Waals surface area contributed by atoms with Crippen molar-refractivity contribution in [2.24, 2.45) is 0 Å². The van der Waals surface area contributed by atoms with E-state index in [1.165, 1.54) is 12.3 Å². The summed E-state index contributed by atoms with van der Waals surface area (Å²) in [5.41, 5.74) is 7.25. The number of halogens is 1. The molecule has 3 aromatic rings. The number of hydrogen-bond acceptors (Lipinski definition) is 6. The van der Waals surface area contributed by atoms with E-state index in [0.717, 1.165) is 5.69 Å². The highest BCUT2D eigenvalue weighted by Crippen LogP contribution is 2.22. The summed E-state index contributed by atoms with van der Waals surface area (Å²) in [6.07, 6.45) is 1.37. The number of carbonyl (C=O) groups is 1. The minimum absolute atomic E-state index is 0.180. The Morgan fingerprint density at radius 1 is 1.16 bits per heavy atom. The van der Waals surface area contributed by atoms with Gasteiger partial charge in [-0.1, -0.05) is 11.6 Å². The minimum atomic E-state index is -0.340. The molecular formula is C17H14ClN5O2. The second-order valence-corrected chi connectivity index (χ2v) is 5.59. The zero-order valence-corrected chi connectivity index (χ0v) is 14.0. The highest BCUT2D eigenvalue weighted by molar-refractivity contribution is 6.33. The van der Waals surface area contributed by atoms with Crippen molar-refractivity contribution in [3.05, 3.63) is 64.9 Å². The quantitative estimate of drug-likeness (QED) is 0.742. The van der Waals surface area contributed by atoms with E-state index in [4.69, 9.17) is 22.1 Å². The molecular weight excluding hydrogens is 342 g/mol. The lowest BCUT2D eigenvalue weighted by molar-refractivity contribution is 0.102. The Morgan fingerprint density at radius 3 is 2.56 bits per heavy atom. The van der Waals surface area contributed by atoms with E-state index in [-0.39, 0.29) is 16.7 Å². The van der Waals surface area contributed by atoms with E-state index >= 15 is 0 Å². The van der Waals surface area contributed by atoms with Gasteiger partial charge in [0.1, 0.15) is 11.6 Å². The smallest absolute Gasteiger partial charge is 0.257 e. The molecule has 1 aromatic carbocycles. The number of pyridine rings is 1. The summed E-state index contributed by atoms with van der Waals surface area (Å²) in [6.45, 7) is 1.85. The van der Waals surface area contributed by atoms with Crippen molar-refractivity contribution in [1.82, 2.24) is 15.2 Å². The predicted molar refractivity (Wildman–Crippen MR) is 94.9 cm³/mol. The zero-order valence-electron chi connectivity index (χ0n) is 13.2. The van der Waals surface area contributed by atoms with Gasteiger partial charge in [0.2, 0.25) is 5.88 Å². The Bertz CT molecular complexity index is 898. The van der Waals surface area contributed by atoms with Crippen LogP contribution in [0.3, 0.4) is 0 Å². The third-order valence-electron chi connectivity index (χ3n) is 3.24. The molecule has 0 bridgehead atoms. The van der Waals surface area contributed by atoms with Crippen LogP contribution < -0.4 is 15.8 Å². The number of nitrogens with one attached hydrogen (secondary N) is 1. The van der Waals surface area contributed by atoms with Gasteiger partial charge < -0.3 is 15.8 Å². The Balaban J connectivity index is 1.66. The molecule has 25 heavy (non-hydrogen) atoms. The summed E-state index contributed by atoms with van der Waals surface area (Å²) >= 11 is 5.87. The van der Waals surface area contributed by atoms with Crippen LogP contribution in [0.5, 0.6) is 11.6 Å². The molecule has 8 heteroatoms. The van der Waals surface area contributed by atoms with Gasteiger partial charge >= 0.3 is 0 Å². The standard InChI is InChI=1S/C17H14ClN5O2/c1-10-2-7-15(23-22-10)25-13-5-3-12(4-6-13)21-17(24)11-8-14(18)16(19)20-9-11/h2-9H,1H3,(H2,19,20)(H,21,24). The number of benzene rings is 1. The van der Waals surface area contributed by atoms with Crippen LogP contribution in [0.4, 0.5) is 11.5 Å². The van der Waals surface area contributed by atoms with Crippen molar-refractivity contribution in [2.45, 2.75) is 6.92 Å². The lowest BCUT2D eigenvalue weighted by Gasteiger charge is -2.08. The van der Waals surface area contributed by atoms with Crippen molar-refractivity contribution in [3.63, 3.8) is 0 Å². The molecule has 126 valence electrons. The number of nitrogens with two attached hydrogens (primary N) is 1. The van der Waals surface area contributed by atoms with Crippen molar-refractivity contribution < 1.29 is 9.53 Å². The molecule has 0 saturated heterocycles. The predicted octanol–water partition coefficient (Wildman–Crippen LogP) is 3.46. The number of aromatic nitrogens is 3. The number of carbonyl (C=O) groups excluding carboxylic acids is 1. The second kappa shape index (κ2) is 7.14. The molecule has 7 nitrogen and oxygen atoms in total. The lowest BCUT2D eigenvalue weighted by Crippen LogP contribution is -2.12. The molecule has 3 rings (SSSR count). The number of hydrogen-bond donors (Lipinski definition) is 2. The largest absolute Gasteiger partial charge is 0.438 e. The van der Waals surface area contributed by atoms with E-state index in [1.807, 2.05) is 13.0 Å². The van der Waals surface area contributed by atoms with Gasteiger partial charge in [0.05, 0.1) is 16.3 Å². The molecule has 0 aliphatic heterocycles. The SMILES string of the molecule is Cc1ccc(Oc2ccc(NC(=O)c3cnc(N)c(Cl)c3)cc2)nn1. The molecule has 2 aromatic heterocycles. The van der Waals surface area contributed by atoms with Gasteiger partial charge in [-0.05, 0) is 43.3 Å². The number of nitrogen functional groups attached to an aromatic ring is 1. The topological polar surface area (TPSA) is 103 Å². The summed E-state index contributed by atoms with van der Waals surface area (Å²) in [5.74, 6) is 0.810. The van der Waals surface area contributed by atoms with Gasteiger partial charge in [0.25, 0.3) is 5.91 Å². The second-order valence-electron chi connectivity index (χ2n) is 5.18. The van der Waals surface area contributed by atoms with Gasteiger partial charge in [-0.2, -0.15) is 5.10 Å². The molecule has 2 heterocycles. The first kappa shape index (κ1) is 16.7. The monoisotopic (exact) mass is 355 g/mol.